The van der Waals surface area contributed by atoms with Gasteiger partial charge in [-0.25, -0.2) is 4.79 Å². The van der Waals surface area contributed by atoms with E-state index in [1.54, 1.807) is 0 Å². The van der Waals surface area contributed by atoms with Gasteiger partial charge < -0.3 is 15.0 Å². The number of nitrogens with one attached hydrogen (secondary N) is 1. The SMILES string of the molecule is O=C(O)c1ccc(C(=O)NCCP(=O)(c2ccccc2)c2ccccc2)nc1. The number of aromatic carboxylic acids is 1. The van der Waals surface area contributed by atoms with Gasteiger partial charge in [0.25, 0.3) is 5.91 Å². The number of amides is 1. The number of carbonyl (C=O) groups excluding carboxylic acids is 1. The van der Waals surface area contributed by atoms with Crippen molar-refractivity contribution < 1.29 is 19.3 Å². The minimum atomic E-state index is -2.91. The standard InChI is InChI=1S/C21H19N2O4P/c24-20(19-12-11-16(15-23-19)21(25)26)22-13-14-28(27,17-7-3-1-4-8-17)18-9-5-2-6-10-18/h1-12,15H,13-14H2,(H,22,24)(H,25,26). The highest BCUT2D eigenvalue weighted by molar-refractivity contribution is 7.78. The van der Waals surface area contributed by atoms with Crippen molar-refractivity contribution >= 4 is 29.6 Å². The first-order valence-corrected chi connectivity index (χ1v) is 10.6. The Morgan fingerprint density at radius 3 is 1.93 bits per heavy atom. The molecule has 2 N–H and O–H groups in total. The lowest BCUT2D eigenvalue weighted by molar-refractivity contribution is 0.0695. The van der Waals surface area contributed by atoms with E-state index in [-0.39, 0.29) is 24.0 Å². The number of pyridine rings is 1. The summed E-state index contributed by atoms with van der Waals surface area (Å²) in [4.78, 5) is 27.0. The van der Waals surface area contributed by atoms with Crippen molar-refractivity contribution in [2.24, 2.45) is 0 Å². The Morgan fingerprint density at radius 2 is 1.46 bits per heavy atom. The van der Waals surface area contributed by atoms with Crippen LogP contribution in [0.2, 0.25) is 0 Å². The molecule has 0 spiro atoms. The van der Waals surface area contributed by atoms with Gasteiger partial charge in [0.15, 0.2) is 0 Å². The molecule has 0 saturated heterocycles. The first-order valence-electron chi connectivity index (χ1n) is 8.68. The highest BCUT2D eigenvalue weighted by Crippen LogP contribution is 2.42. The number of benzene rings is 2. The number of carboxylic acids is 1. The molecule has 1 amide bonds. The Balaban J connectivity index is 1.73. The predicted molar refractivity (Wildman–Crippen MR) is 108 cm³/mol. The van der Waals surface area contributed by atoms with Crippen LogP contribution in [0.15, 0.2) is 79.0 Å². The second-order valence-electron chi connectivity index (χ2n) is 6.13. The highest BCUT2D eigenvalue weighted by atomic mass is 31.2. The van der Waals surface area contributed by atoms with E-state index in [0.717, 1.165) is 16.8 Å². The van der Waals surface area contributed by atoms with E-state index in [1.165, 1.54) is 12.1 Å². The lowest BCUT2D eigenvalue weighted by Gasteiger charge is -2.19. The van der Waals surface area contributed by atoms with Crippen LogP contribution in [0.25, 0.3) is 0 Å². The van der Waals surface area contributed by atoms with Crippen LogP contribution < -0.4 is 15.9 Å². The van der Waals surface area contributed by atoms with Gasteiger partial charge in [-0.2, -0.15) is 0 Å². The summed E-state index contributed by atoms with van der Waals surface area (Å²) in [6.07, 6.45) is 1.40. The van der Waals surface area contributed by atoms with Gasteiger partial charge in [-0.3, -0.25) is 9.78 Å². The molecule has 142 valence electrons. The number of carboxylic acid groups (broad SMARTS) is 1. The van der Waals surface area contributed by atoms with Gasteiger partial charge in [0, 0.05) is 29.5 Å². The number of rotatable bonds is 7. The lowest BCUT2D eigenvalue weighted by atomic mass is 10.2. The fourth-order valence-corrected chi connectivity index (χ4v) is 5.37. The summed E-state index contributed by atoms with van der Waals surface area (Å²) in [5.41, 5.74) is 0.119. The molecule has 0 bridgehead atoms. The van der Waals surface area contributed by atoms with E-state index in [0.29, 0.717) is 0 Å². The van der Waals surface area contributed by atoms with Crippen molar-refractivity contribution in [2.45, 2.75) is 0 Å². The molecule has 2 aromatic carbocycles. The lowest BCUT2D eigenvalue weighted by Crippen LogP contribution is -2.30. The van der Waals surface area contributed by atoms with Gasteiger partial charge in [-0.1, -0.05) is 60.7 Å². The number of aromatic nitrogens is 1. The Kier molecular flexibility index (Phi) is 6.02. The number of carbonyl (C=O) groups is 2. The summed E-state index contributed by atoms with van der Waals surface area (Å²) >= 11 is 0. The predicted octanol–water partition coefficient (Wildman–Crippen LogP) is 2.52. The van der Waals surface area contributed by atoms with Crippen molar-refractivity contribution in [3.63, 3.8) is 0 Å². The molecular formula is C21H19N2O4P. The average Bonchev–Trinajstić information content (AvgIpc) is 2.75. The third kappa shape index (κ3) is 4.35. The maximum atomic E-state index is 13.8. The second kappa shape index (κ2) is 8.63. The zero-order chi connectivity index (χ0) is 20.0. The van der Waals surface area contributed by atoms with Crippen LogP contribution in [0.4, 0.5) is 0 Å². The van der Waals surface area contributed by atoms with E-state index in [2.05, 4.69) is 10.3 Å². The van der Waals surface area contributed by atoms with Gasteiger partial charge in [-0.15, -0.1) is 0 Å². The van der Waals surface area contributed by atoms with Crippen LogP contribution in [0, 0.1) is 0 Å². The number of hydrogen-bond donors (Lipinski definition) is 2. The number of nitrogens with zero attached hydrogens (tertiary/aromatic N) is 1. The molecule has 0 saturated carbocycles. The molecule has 3 aromatic rings. The maximum Gasteiger partial charge on any atom is 0.337 e. The Hall–Kier alpha value is -3.24. The van der Waals surface area contributed by atoms with Crippen LogP contribution in [0.5, 0.6) is 0 Å². The molecule has 0 atom stereocenters. The monoisotopic (exact) mass is 394 g/mol. The summed E-state index contributed by atoms with van der Waals surface area (Å²) in [5.74, 6) is -1.55. The Morgan fingerprint density at radius 1 is 0.893 bits per heavy atom. The van der Waals surface area contributed by atoms with Gasteiger partial charge in [0.2, 0.25) is 0 Å². The summed E-state index contributed by atoms with van der Waals surface area (Å²) in [7, 11) is -2.91. The highest BCUT2D eigenvalue weighted by Gasteiger charge is 2.26. The van der Waals surface area contributed by atoms with Crippen LogP contribution >= 0.6 is 7.14 Å². The van der Waals surface area contributed by atoms with Crippen LogP contribution in [0.1, 0.15) is 20.8 Å². The normalized spacial score (nSPS) is 11.0. The molecule has 0 radical (unpaired) electrons. The maximum absolute atomic E-state index is 13.8. The Labute approximate surface area is 162 Å². The molecule has 0 aliphatic heterocycles. The van der Waals surface area contributed by atoms with E-state index in [9.17, 15) is 14.2 Å². The van der Waals surface area contributed by atoms with Gasteiger partial charge in [-0.05, 0) is 12.1 Å². The minimum Gasteiger partial charge on any atom is -0.478 e. The van der Waals surface area contributed by atoms with Crippen molar-refractivity contribution in [2.75, 3.05) is 12.7 Å². The zero-order valence-electron chi connectivity index (χ0n) is 15.0. The van der Waals surface area contributed by atoms with Crippen molar-refractivity contribution in [3.05, 3.63) is 90.3 Å². The molecule has 3 rings (SSSR count). The van der Waals surface area contributed by atoms with Crippen LogP contribution in [-0.2, 0) is 4.57 Å². The van der Waals surface area contributed by atoms with Crippen molar-refractivity contribution in [1.29, 1.82) is 0 Å². The molecule has 0 unspecified atom stereocenters. The van der Waals surface area contributed by atoms with Gasteiger partial charge in [0.1, 0.15) is 12.8 Å². The first-order chi connectivity index (χ1) is 13.5. The fraction of sp³-hybridized carbons (Fsp3) is 0.0952. The summed E-state index contributed by atoms with van der Waals surface area (Å²) < 4.78 is 13.8. The fourth-order valence-electron chi connectivity index (χ4n) is 2.82. The van der Waals surface area contributed by atoms with E-state index in [1.807, 2.05) is 60.7 Å². The topological polar surface area (TPSA) is 96.4 Å². The van der Waals surface area contributed by atoms with Crippen molar-refractivity contribution in [1.82, 2.24) is 10.3 Å². The first kappa shape index (κ1) is 19.5. The Bertz CT molecular complexity index is 962. The quantitative estimate of drug-likeness (QED) is 0.601. The molecular weight excluding hydrogens is 375 g/mol. The third-order valence-electron chi connectivity index (χ3n) is 4.30. The molecule has 0 fully saturated rings. The minimum absolute atomic E-state index is 0.00852. The van der Waals surface area contributed by atoms with Gasteiger partial charge >= 0.3 is 5.97 Å². The van der Waals surface area contributed by atoms with E-state index >= 15 is 0 Å². The molecule has 0 aliphatic rings. The summed E-state index contributed by atoms with van der Waals surface area (Å²) in [5, 5.41) is 13.1. The number of hydrogen-bond acceptors (Lipinski definition) is 4. The third-order valence-corrected chi connectivity index (χ3v) is 7.42. The molecule has 1 aromatic heterocycles. The van der Waals surface area contributed by atoms with Gasteiger partial charge in [0.05, 0.1) is 5.56 Å². The van der Waals surface area contributed by atoms with Crippen LogP contribution in [0.3, 0.4) is 0 Å². The molecule has 28 heavy (non-hydrogen) atoms. The average molecular weight is 394 g/mol. The summed E-state index contributed by atoms with van der Waals surface area (Å²) in [6, 6.07) is 21.1. The van der Waals surface area contributed by atoms with Crippen LogP contribution in [-0.4, -0.2) is 34.7 Å². The molecule has 1 heterocycles. The molecule has 6 nitrogen and oxygen atoms in total. The largest absolute Gasteiger partial charge is 0.478 e. The van der Waals surface area contributed by atoms with E-state index in [4.69, 9.17) is 5.11 Å². The van der Waals surface area contributed by atoms with E-state index < -0.39 is 19.0 Å². The molecule has 0 aliphatic carbocycles. The van der Waals surface area contributed by atoms with Crippen molar-refractivity contribution in [3.8, 4) is 0 Å². The molecule has 7 heteroatoms. The second-order valence-corrected chi connectivity index (χ2v) is 9.09. The smallest absolute Gasteiger partial charge is 0.337 e. The summed E-state index contributed by atoms with van der Waals surface area (Å²) in [6.45, 7) is 0.197. The zero-order valence-corrected chi connectivity index (χ0v) is 15.9.